The van der Waals surface area contributed by atoms with E-state index in [2.05, 4.69) is 5.32 Å². The first kappa shape index (κ1) is 12.0. The Kier molecular flexibility index (Phi) is 3.02. The van der Waals surface area contributed by atoms with Crippen LogP contribution in [0.4, 0.5) is 10.1 Å². The Balaban J connectivity index is 1.66. The standard InChI is InChI=1S/C15H20FNO/c1-11-9-12(3-4-14(11)16)17-13-5-8-18-15(10-13)6-2-7-15/h3-4,9,13,17H,2,5-8,10H2,1H3. The first-order valence-electron chi connectivity index (χ1n) is 6.84. The second kappa shape index (κ2) is 4.54. The molecule has 18 heavy (non-hydrogen) atoms. The molecular weight excluding hydrogens is 229 g/mol. The number of rotatable bonds is 2. The maximum absolute atomic E-state index is 13.2. The molecule has 0 amide bonds. The van der Waals surface area contributed by atoms with E-state index >= 15 is 0 Å². The van der Waals surface area contributed by atoms with Crippen LogP contribution in [0.3, 0.4) is 0 Å². The van der Waals surface area contributed by atoms with Crippen LogP contribution in [0.5, 0.6) is 0 Å². The summed E-state index contributed by atoms with van der Waals surface area (Å²) in [6, 6.07) is 5.71. The molecule has 3 heteroatoms. The minimum absolute atomic E-state index is 0.136. The van der Waals surface area contributed by atoms with E-state index in [0.29, 0.717) is 11.6 Å². The first-order valence-corrected chi connectivity index (χ1v) is 6.84. The zero-order valence-corrected chi connectivity index (χ0v) is 10.8. The molecule has 2 aliphatic rings. The van der Waals surface area contributed by atoms with Crippen LogP contribution in [0, 0.1) is 12.7 Å². The van der Waals surface area contributed by atoms with Gasteiger partial charge in [0.1, 0.15) is 5.82 Å². The molecule has 98 valence electrons. The third kappa shape index (κ3) is 2.24. The van der Waals surface area contributed by atoms with Gasteiger partial charge in [0.05, 0.1) is 5.60 Å². The van der Waals surface area contributed by atoms with Crippen LogP contribution in [0.15, 0.2) is 18.2 Å². The number of hydrogen-bond donors (Lipinski definition) is 1. The van der Waals surface area contributed by atoms with Crippen LogP contribution in [-0.2, 0) is 4.74 Å². The molecule has 1 N–H and O–H groups in total. The number of anilines is 1. The lowest BCUT2D eigenvalue weighted by molar-refractivity contribution is -0.130. The third-order valence-corrected chi connectivity index (χ3v) is 4.29. The summed E-state index contributed by atoms with van der Waals surface area (Å²) in [6.45, 7) is 2.65. The van der Waals surface area contributed by atoms with Crippen LogP contribution in [0.25, 0.3) is 0 Å². The van der Waals surface area contributed by atoms with Crippen molar-refractivity contribution in [3.63, 3.8) is 0 Å². The Bertz CT molecular complexity index is 442. The summed E-state index contributed by atoms with van der Waals surface area (Å²) in [5.41, 5.74) is 1.88. The quantitative estimate of drug-likeness (QED) is 0.864. The molecule has 0 bridgehead atoms. The Morgan fingerprint density at radius 1 is 1.39 bits per heavy atom. The highest BCUT2D eigenvalue weighted by atomic mass is 19.1. The van der Waals surface area contributed by atoms with Gasteiger partial charge in [-0.15, -0.1) is 0 Å². The van der Waals surface area contributed by atoms with Crippen molar-refractivity contribution in [2.45, 2.75) is 50.7 Å². The van der Waals surface area contributed by atoms with Gasteiger partial charge in [-0.1, -0.05) is 0 Å². The molecule has 1 aliphatic carbocycles. The second-order valence-corrected chi connectivity index (χ2v) is 5.68. The summed E-state index contributed by atoms with van der Waals surface area (Å²) >= 11 is 0. The molecule has 0 radical (unpaired) electrons. The normalized spacial score (nSPS) is 25.8. The molecule has 1 heterocycles. The lowest BCUT2D eigenvalue weighted by Crippen LogP contribution is -2.49. The van der Waals surface area contributed by atoms with E-state index in [1.54, 1.807) is 6.92 Å². The predicted molar refractivity (Wildman–Crippen MR) is 70.3 cm³/mol. The predicted octanol–water partition coefficient (Wildman–Crippen LogP) is 3.65. The highest BCUT2D eigenvalue weighted by Crippen LogP contribution is 2.42. The van der Waals surface area contributed by atoms with Crippen molar-refractivity contribution in [2.75, 3.05) is 11.9 Å². The number of benzene rings is 1. The number of ether oxygens (including phenoxy) is 1. The number of aryl methyl sites for hydroxylation is 1. The van der Waals surface area contributed by atoms with Crippen molar-refractivity contribution in [1.82, 2.24) is 0 Å². The van der Waals surface area contributed by atoms with Crippen LogP contribution in [-0.4, -0.2) is 18.2 Å². The van der Waals surface area contributed by atoms with Gasteiger partial charge in [0.15, 0.2) is 0 Å². The average Bonchev–Trinajstić information content (AvgIpc) is 2.32. The summed E-state index contributed by atoms with van der Waals surface area (Å²) in [5, 5.41) is 3.53. The average molecular weight is 249 g/mol. The van der Waals surface area contributed by atoms with Gasteiger partial charge in [0.2, 0.25) is 0 Å². The molecule has 2 fully saturated rings. The summed E-state index contributed by atoms with van der Waals surface area (Å²) in [4.78, 5) is 0. The Morgan fingerprint density at radius 3 is 2.89 bits per heavy atom. The zero-order valence-electron chi connectivity index (χ0n) is 10.8. The molecular formula is C15H20FNO. The maximum atomic E-state index is 13.2. The maximum Gasteiger partial charge on any atom is 0.126 e. The van der Waals surface area contributed by atoms with Crippen molar-refractivity contribution in [1.29, 1.82) is 0 Å². The molecule has 3 rings (SSSR count). The second-order valence-electron chi connectivity index (χ2n) is 5.68. The van der Waals surface area contributed by atoms with E-state index < -0.39 is 0 Å². The monoisotopic (exact) mass is 249 g/mol. The molecule has 0 aromatic heterocycles. The molecule has 1 aromatic carbocycles. The summed E-state index contributed by atoms with van der Waals surface area (Å²) in [5.74, 6) is -0.136. The smallest absolute Gasteiger partial charge is 0.126 e. The summed E-state index contributed by atoms with van der Waals surface area (Å²) in [7, 11) is 0. The lowest BCUT2D eigenvalue weighted by Gasteiger charge is -2.47. The SMILES string of the molecule is Cc1cc(NC2CCOC3(CCC3)C2)ccc1F. The van der Waals surface area contributed by atoms with E-state index in [0.717, 1.165) is 25.1 Å². The summed E-state index contributed by atoms with van der Waals surface area (Å²) < 4.78 is 19.1. The fourth-order valence-electron chi connectivity index (χ4n) is 3.04. The molecule has 1 saturated carbocycles. The Labute approximate surface area is 108 Å². The zero-order chi connectivity index (χ0) is 12.6. The van der Waals surface area contributed by atoms with Gasteiger partial charge >= 0.3 is 0 Å². The lowest BCUT2D eigenvalue weighted by atomic mass is 9.74. The van der Waals surface area contributed by atoms with Gasteiger partial charge in [-0.3, -0.25) is 0 Å². The minimum atomic E-state index is -0.136. The van der Waals surface area contributed by atoms with Crippen LogP contribution in [0.2, 0.25) is 0 Å². The van der Waals surface area contributed by atoms with Crippen LogP contribution >= 0.6 is 0 Å². The van der Waals surface area contributed by atoms with Crippen molar-refractivity contribution in [2.24, 2.45) is 0 Å². The number of hydrogen-bond acceptors (Lipinski definition) is 2. The molecule has 2 nitrogen and oxygen atoms in total. The Hall–Kier alpha value is -1.09. The van der Waals surface area contributed by atoms with Gasteiger partial charge in [0.25, 0.3) is 0 Å². The van der Waals surface area contributed by atoms with Crippen LogP contribution in [0.1, 0.15) is 37.7 Å². The van der Waals surface area contributed by atoms with Gasteiger partial charge in [-0.25, -0.2) is 4.39 Å². The first-order chi connectivity index (χ1) is 8.67. The molecule has 1 atom stereocenters. The minimum Gasteiger partial charge on any atom is -0.382 e. The largest absolute Gasteiger partial charge is 0.382 e. The van der Waals surface area contributed by atoms with Crippen molar-refractivity contribution in [3.05, 3.63) is 29.6 Å². The number of nitrogens with one attached hydrogen (secondary N) is 1. The molecule has 1 aromatic rings. The van der Waals surface area contributed by atoms with E-state index in [-0.39, 0.29) is 11.4 Å². The molecule has 1 aliphatic heterocycles. The van der Waals surface area contributed by atoms with Gasteiger partial charge in [-0.2, -0.15) is 0 Å². The fourth-order valence-corrected chi connectivity index (χ4v) is 3.04. The highest BCUT2D eigenvalue weighted by Gasteiger charge is 2.42. The fraction of sp³-hybridized carbons (Fsp3) is 0.600. The molecule has 1 saturated heterocycles. The highest BCUT2D eigenvalue weighted by molar-refractivity contribution is 5.46. The van der Waals surface area contributed by atoms with Crippen LogP contribution < -0.4 is 5.32 Å². The van der Waals surface area contributed by atoms with E-state index in [1.807, 2.05) is 12.1 Å². The van der Waals surface area contributed by atoms with Crippen molar-refractivity contribution < 1.29 is 9.13 Å². The number of halogens is 1. The molecule has 1 unspecified atom stereocenters. The van der Waals surface area contributed by atoms with E-state index in [4.69, 9.17) is 4.74 Å². The van der Waals surface area contributed by atoms with E-state index in [1.165, 1.54) is 25.3 Å². The Morgan fingerprint density at radius 2 is 2.22 bits per heavy atom. The van der Waals surface area contributed by atoms with Crippen molar-refractivity contribution in [3.8, 4) is 0 Å². The van der Waals surface area contributed by atoms with E-state index in [9.17, 15) is 4.39 Å². The molecule has 1 spiro atoms. The third-order valence-electron chi connectivity index (χ3n) is 4.29. The topological polar surface area (TPSA) is 21.3 Å². The van der Waals surface area contributed by atoms with Crippen molar-refractivity contribution >= 4 is 5.69 Å². The summed E-state index contributed by atoms with van der Waals surface area (Å²) in [6.07, 6.45) is 5.82. The van der Waals surface area contributed by atoms with Gasteiger partial charge < -0.3 is 10.1 Å². The van der Waals surface area contributed by atoms with Gasteiger partial charge in [0, 0.05) is 18.3 Å². The van der Waals surface area contributed by atoms with Gasteiger partial charge in [-0.05, 0) is 62.8 Å².